The minimum atomic E-state index is -1.24. The minimum absolute atomic E-state index is 0.00349. The first kappa shape index (κ1) is 37.8. The SMILES string of the molecule is COc1cccc([C@@H]2[C@@H](C(C)C)CN(C(C)=O)C[C@H](OC)[C@@H](O)[C@@H](O)COCCCCN2C(=O)CNCC2(c3ccccc3)CCC2)c1. The molecule has 48 heavy (non-hydrogen) atoms. The van der Waals surface area contributed by atoms with Crippen molar-refractivity contribution in [2.45, 2.75) is 82.6 Å². The van der Waals surface area contributed by atoms with E-state index in [9.17, 15) is 19.8 Å². The monoisotopic (exact) mass is 667 g/mol. The van der Waals surface area contributed by atoms with Crippen LogP contribution < -0.4 is 10.1 Å². The fourth-order valence-corrected chi connectivity index (χ4v) is 7.21. The Morgan fingerprint density at radius 1 is 1.02 bits per heavy atom. The summed E-state index contributed by atoms with van der Waals surface area (Å²) in [5, 5.41) is 25.2. The summed E-state index contributed by atoms with van der Waals surface area (Å²) < 4.78 is 17.0. The molecule has 2 aromatic rings. The zero-order valence-corrected chi connectivity index (χ0v) is 29.5. The van der Waals surface area contributed by atoms with Crippen molar-refractivity contribution in [1.29, 1.82) is 0 Å². The third-order valence-electron chi connectivity index (χ3n) is 10.4. The first-order valence-corrected chi connectivity index (χ1v) is 17.5. The highest BCUT2D eigenvalue weighted by atomic mass is 16.5. The van der Waals surface area contributed by atoms with Crippen LogP contribution in [-0.2, 0) is 24.5 Å². The Hall–Kier alpha value is -3.02. The van der Waals surface area contributed by atoms with E-state index in [1.54, 1.807) is 12.0 Å². The lowest BCUT2D eigenvalue weighted by atomic mass is 9.64. The van der Waals surface area contributed by atoms with Gasteiger partial charge in [0.25, 0.3) is 0 Å². The van der Waals surface area contributed by atoms with Gasteiger partial charge in [0.2, 0.25) is 11.8 Å². The first-order valence-electron chi connectivity index (χ1n) is 17.5. The van der Waals surface area contributed by atoms with E-state index < -0.39 is 18.3 Å². The molecular weight excluding hydrogens is 610 g/mol. The molecule has 266 valence electrons. The summed E-state index contributed by atoms with van der Waals surface area (Å²) in [7, 11) is 3.10. The van der Waals surface area contributed by atoms with Crippen molar-refractivity contribution in [1.82, 2.24) is 15.1 Å². The normalized spacial score (nSPS) is 25.9. The van der Waals surface area contributed by atoms with Crippen molar-refractivity contribution in [3.8, 4) is 5.75 Å². The number of amides is 2. The molecule has 0 unspecified atom stereocenters. The summed E-state index contributed by atoms with van der Waals surface area (Å²) in [6.45, 7) is 7.86. The molecule has 10 heteroatoms. The third kappa shape index (κ3) is 9.57. The summed E-state index contributed by atoms with van der Waals surface area (Å²) in [6, 6.07) is 18.1. The summed E-state index contributed by atoms with van der Waals surface area (Å²) in [5.74, 6) is 0.405. The maximum atomic E-state index is 14.5. The molecule has 2 aliphatic rings. The Bertz CT molecular complexity index is 1290. The van der Waals surface area contributed by atoms with Gasteiger partial charge < -0.3 is 39.5 Å². The molecule has 1 heterocycles. The second kappa shape index (κ2) is 18.1. The fraction of sp³-hybridized carbons (Fsp3) is 0.632. The van der Waals surface area contributed by atoms with E-state index in [0.29, 0.717) is 38.3 Å². The van der Waals surface area contributed by atoms with Crippen LogP contribution in [0.4, 0.5) is 0 Å². The van der Waals surface area contributed by atoms with E-state index in [-0.39, 0.29) is 54.8 Å². The van der Waals surface area contributed by atoms with Crippen LogP contribution in [0, 0.1) is 11.8 Å². The predicted molar refractivity (Wildman–Crippen MR) is 186 cm³/mol. The van der Waals surface area contributed by atoms with Gasteiger partial charge >= 0.3 is 0 Å². The zero-order chi connectivity index (χ0) is 34.7. The standard InChI is InChI=1S/C38H57N3O7/c1-27(2)32-23-40(28(3)42)24-34(47-5)37(45)33(43)25-48-20-10-9-19-41(36(32)29-13-11-16-31(21-29)46-4)35(44)22-39-26-38(17-12-18-38)30-14-7-6-8-15-30/h6-8,11,13-16,21,27,32-34,36-37,39,43,45H,9-10,12,17-20,22-26H2,1-5H3/t32-,33+,34+,36-,37+/m1/s1. The molecule has 5 atom stereocenters. The van der Waals surface area contributed by atoms with Crippen LogP contribution in [0.2, 0.25) is 0 Å². The van der Waals surface area contributed by atoms with Gasteiger partial charge in [-0.25, -0.2) is 0 Å². The van der Waals surface area contributed by atoms with Gasteiger partial charge in [-0.1, -0.05) is 62.7 Å². The van der Waals surface area contributed by atoms with E-state index in [4.69, 9.17) is 14.2 Å². The van der Waals surface area contributed by atoms with Gasteiger partial charge in [0.15, 0.2) is 0 Å². The number of benzene rings is 2. The van der Waals surface area contributed by atoms with Gasteiger partial charge in [0.1, 0.15) is 24.1 Å². The average molecular weight is 668 g/mol. The van der Waals surface area contributed by atoms with Gasteiger partial charge in [-0.05, 0) is 54.9 Å². The highest BCUT2D eigenvalue weighted by molar-refractivity contribution is 5.79. The lowest BCUT2D eigenvalue weighted by Gasteiger charge is -2.44. The molecule has 2 aromatic carbocycles. The fourth-order valence-electron chi connectivity index (χ4n) is 7.21. The number of hydrogen-bond donors (Lipinski definition) is 3. The number of ether oxygens (including phenoxy) is 3. The molecule has 0 aromatic heterocycles. The van der Waals surface area contributed by atoms with Crippen LogP contribution >= 0.6 is 0 Å². The Morgan fingerprint density at radius 2 is 1.77 bits per heavy atom. The van der Waals surface area contributed by atoms with Crippen molar-refractivity contribution in [3.05, 3.63) is 65.7 Å². The largest absolute Gasteiger partial charge is 0.497 e. The predicted octanol–water partition coefficient (Wildman–Crippen LogP) is 3.94. The van der Waals surface area contributed by atoms with Gasteiger partial charge in [-0.2, -0.15) is 0 Å². The Morgan fingerprint density at radius 3 is 2.40 bits per heavy atom. The molecule has 0 spiro atoms. The molecule has 4 rings (SSSR count). The van der Waals surface area contributed by atoms with Crippen molar-refractivity contribution in [3.63, 3.8) is 0 Å². The van der Waals surface area contributed by atoms with Gasteiger partial charge in [-0.15, -0.1) is 0 Å². The number of hydrogen-bond acceptors (Lipinski definition) is 8. The van der Waals surface area contributed by atoms with Crippen LogP contribution in [0.1, 0.15) is 70.0 Å². The minimum Gasteiger partial charge on any atom is -0.497 e. The lowest BCUT2D eigenvalue weighted by molar-refractivity contribution is -0.139. The molecule has 1 saturated carbocycles. The number of rotatable bonds is 9. The van der Waals surface area contributed by atoms with Gasteiger partial charge in [0.05, 0.1) is 26.3 Å². The zero-order valence-electron chi connectivity index (χ0n) is 29.5. The number of aliphatic hydroxyl groups is 2. The van der Waals surface area contributed by atoms with E-state index in [0.717, 1.165) is 24.9 Å². The quantitative estimate of drug-likeness (QED) is 0.368. The maximum absolute atomic E-state index is 14.5. The smallest absolute Gasteiger partial charge is 0.237 e. The molecule has 1 saturated heterocycles. The topological polar surface area (TPSA) is 121 Å². The molecule has 3 N–H and O–H groups in total. The van der Waals surface area contributed by atoms with E-state index in [1.807, 2.05) is 35.2 Å². The molecule has 10 nitrogen and oxygen atoms in total. The Kier molecular flexibility index (Phi) is 14.3. The number of carbonyl (C=O) groups excluding carboxylic acids is 2. The maximum Gasteiger partial charge on any atom is 0.237 e. The summed E-state index contributed by atoms with van der Waals surface area (Å²) >= 11 is 0. The van der Waals surface area contributed by atoms with Crippen LogP contribution in [0.25, 0.3) is 0 Å². The van der Waals surface area contributed by atoms with E-state index >= 15 is 0 Å². The third-order valence-corrected chi connectivity index (χ3v) is 10.4. The van der Waals surface area contributed by atoms with E-state index in [2.05, 4.69) is 43.4 Å². The van der Waals surface area contributed by atoms with Crippen LogP contribution in [0.15, 0.2) is 54.6 Å². The highest BCUT2D eigenvalue weighted by Crippen LogP contribution is 2.43. The number of aliphatic hydroxyl groups excluding tert-OH is 2. The van der Waals surface area contributed by atoms with Crippen molar-refractivity contribution in [2.75, 3.05) is 60.2 Å². The second-order valence-corrected chi connectivity index (χ2v) is 13.9. The average Bonchev–Trinajstić information content (AvgIpc) is 3.07. The van der Waals surface area contributed by atoms with Crippen molar-refractivity contribution >= 4 is 11.8 Å². The summed E-state index contributed by atoms with van der Waals surface area (Å²) in [5.41, 5.74) is 2.29. The molecule has 1 aliphatic carbocycles. The van der Waals surface area contributed by atoms with Crippen LogP contribution in [-0.4, -0.2) is 110 Å². The van der Waals surface area contributed by atoms with Gasteiger partial charge in [-0.3, -0.25) is 9.59 Å². The molecule has 2 fully saturated rings. The number of methoxy groups -OCH3 is 2. The number of nitrogens with zero attached hydrogens (tertiary/aromatic N) is 2. The van der Waals surface area contributed by atoms with Crippen LogP contribution in [0.5, 0.6) is 5.75 Å². The molecular formula is C38H57N3O7. The number of carbonyl (C=O) groups is 2. The highest BCUT2D eigenvalue weighted by Gasteiger charge is 2.40. The first-order chi connectivity index (χ1) is 23.1. The Balaban J connectivity index is 1.69. The van der Waals surface area contributed by atoms with Gasteiger partial charge in [0, 0.05) is 58.2 Å². The lowest BCUT2D eigenvalue weighted by Crippen LogP contribution is -2.52. The second-order valence-electron chi connectivity index (χ2n) is 13.9. The molecule has 0 radical (unpaired) electrons. The van der Waals surface area contributed by atoms with Crippen molar-refractivity contribution < 1.29 is 34.0 Å². The van der Waals surface area contributed by atoms with E-state index in [1.165, 1.54) is 26.0 Å². The summed E-state index contributed by atoms with van der Waals surface area (Å²) in [4.78, 5) is 31.3. The Labute approximate surface area is 286 Å². The van der Waals surface area contributed by atoms with Crippen LogP contribution in [0.3, 0.4) is 0 Å². The number of nitrogens with one attached hydrogen (secondary N) is 1. The summed E-state index contributed by atoms with van der Waals surface area (Å²) in [6.07, 6.45) is 1.48. The molecule has 1 aliphatic heterocycles. The van der Waals surface area contributed by atoms with Crippen molar-refractivity contribution in [2.24, 2.45) is 11.8 Å². The molecule has 2 amide bonds. The molecule has 0 bridgehead atoms.